The van der Waals surface area contributed by atoms with E-state index in [1.54, 1.807) is 10.9 Å². The average Bonchev–Trinajstić information content (AvgIpc) is 3.31. The topological polar surface area (TPSA) is 115 Å². The van der Waals surface area contributed by atoms with Crippen LogP contribution in [0.1, 0.15) is 13.3 Å². The third-order valence-corrected chi connectivity index (χ3v) is 4.33. The SMILES string of the molecule is CCC(=O)NCCn1cc2c(n1)c(N)nc1cc(-c3ccn[nH]3)ccc12. The number of nitrogens with two attached hydrogens (primary N) is 1. The van der Waals surface area contributed by atoms with Gasteiger partial charge < -0.3 is 11.1 Å². The van der Waals surface area contributed by atoms with Crippen LogP contribution in [0.15, 0.2) is 36.7 Å². The van der Waals surface area contributed by atoms with Crippen LogP contribution in [-0.4, -0.2) is 37.4 Å². The molecule has 4 N–H and O–H groups in total. The van der Waals surface area contributed by atoms with Gasteiger partial charge in [0.05, 0.1) is 17.8 Å². The second kappa shape index (κ2) is 6.47. The first-order valence-electron chi connectivity index (χ1n) is 8.48. The molecule has 132 valence electrons. The van der Waals surface area contributed by atoms with E-state index in [1.165, 1.54) is 0 Å². The van der Waals surface area contributed by atoms with Gasteiger partial charge in [0, 0.05) is 41.7 Å². The molecule has 3 heterocycles. The van der Waals surface area contributed by atoms with Gasteiger partial charge in [0.25, 0.3) is 0 Å². The summed E-state index contributed by atoms with van der Waals surface area (Å²) in [5.41, 5.74) is 9.53. The van der Waals surface area contributed by atoms with Gasteiger partial charge in [-0.1, -0.05) is 19.1 Å². The lowest BCUT2D eigenvalue weighted by Gasteiger charge is -2.03. The third kappa shape index (κ3) is 2.85. The Morgan fingerprint density at radius 1 is 1.31 bits per heavy atom. The number of nitrogen functional groups attached to an aromatic ring is 1. The van der Waals surface area contributed by atoms with Crippen LogP contribution < -0.4 is 11.1 Å². The zero-order chi connectivity index (χ0) is 18.1. The molecule has 26 heavy (non-hydrogen) atoms. The van der Waals surface area contributed by atoms with Crippen molar-refractivity contribution in [2.24, 2.45) is 0 Å². The largest absolute Gasteiger partial charge is 0.382 e. The molecule has 0 fully saturated rings. The van der Waals surface area contributed by atoms with E-state index >= 15 is 0 Å². The number of amides is 1. The number of nitrogens with one attached hydrogen (secondary N) is 2. The molecule has 0 aliphatic heterocycles. The van der Waals surface area contributed by atoms with E-state index in [-0.39, 0.29) is 5.91 Å². The van der Waals surface area contributed by atoms with E-state index in [2.05, 4.69) is 25.6 Å². The van der Waals surface area contributed by atoms with Crippen LogP contribution in [-0.2, 0) is 11.3 Å². The monoisotopic (exact) mass is 349 g/mol. The fourth-order valence-electron chi connectivity index (χ4n) is 2.98. The third-order valence-electron chi connectivity index (χ3n) is 4.33. The molecular formula is C18H19N7O. The standard InChI is InChI=1S/C18H19N7O/c1-2-16(26)20-7-8-25-10-13-12-4-3-11(14-5-6-21-23-14)9-15(12)22-18(19)17(13)24-25/h3-6,9-10H,2,7-8H2,1H3,(H2,19,22)(H,20,26)(H,21,23). The van der Waals surface area contributed by atoms with Gasteiger partial charge in [-0.25, -0.2) is 4.98 Å². The number of carbonyl (C=O) groups is 1. The van der Waals surface area contributed by atoms with Gasteiger partial charge in [-0.3, -0.25) is 14.6 Å². The molecule has 0 spiro atoms. The van der Waals surface area contributed by atoms with E-state index in [1.807, 2.05) is 37.4 Å². The van der Waals surface area contributed by atoms with Gasteiger partial charge in [-0.2, -0.15) is 10.2 Å². The number of hydrogen-bond acceptors (Lipinski definition) is 5. The Balaban J connectivity index is 1.71. The highest BCUT2D eigenvalue weighted by Gasteiger charge is 2.12. The molecule has 8 heteroatoms. The van der Waals surface area contributed by atoms with E-state index in [0.717, 1.165) is 27.5 Å². The zero-order valence-corrected chi connectivity index (χ0v) is 14.4. The molecule has 0 radical (unpaired) electrons. The Morgan fingerprint density at radius 2 is 2.19 bits per heavy atom. The fourth-order valence-corrected chi connectivity index (χ4v) is 2.98. The Labute approximate surface area is 149 Å². The molecule has 0 aliphatic carbocycles. The summed E-state index contributed by atoms with van der Waals surface area (Å²) in [6.45, 7) is 2.93. The van der Waals surface area contributed by atoms with Crippen LogP contribution in [0.3, 0.4) is 0 Å². The van der Waals surface area contributed by atoms with Crippen molar-refractivity contribution < 1.29 is 4.79 Å². The van der Waals surface area contributed by atoms with E-state index < -0.39 is 0 Å². The van der Waals surface area contributed by atoms with Gasteiger partial charge in [0.1, 0.15) is 5.52 Å². The van der Waals surface area contributed by atoms with Gasteiger partial charge in [-0.15, -0.1) is 0 Å². The molecule has 8 nitrogen and oxygen atoms in total. The summed E-state index contributed by atoms with van der Waals surface area (Å²) in [6.07, 6.45) is 4.14. The fraction of sp³-hybridized carbons (Fsp3) is 0.222. The van der Waals surface area contributed by atoms with Crippen molar-refractivity contribution in [3.8, 4) is 11.3 Å². The number of anilines is 1. The molecule has 0 aliphatic rings. The summed E-state index contributed by atoms with van der Waals surface area (Å²) in [5, 5.41) is 16.2. The Bertz CT molecular complexity index is 1080. The minimum atomic E-state index is 0.0275. The maximum atomic E-state index is 11.4. The second-order valence-electron chi connectivity index (χ2n) is 6.06. The van der Waals surface area contributed by atoms with Crippen LogP contribution in [0.2, 0.25) is 0 Å². The number of H-pyrrole nitrogens is 1. The first-order valence-corrected chi connectivity index (χ1v) is 8.48. The van der Waals surface area contributed by atoms with Crippen molar-refractivity contribution in [2.75, 3.05) is 12.3 Å². The van der Waals surface area contributed by atoms with Crippen molar-refractivity contribution in [3.63, 3.8) is 0 Å². The van der Waals surface area contributed by atoms with Gasteiger partial charge in [0.15, 0.2) is 5.82 Å². The predicted octanol–water partition coefficient (Wildman–Crippen LogP) is 2.08. The van der Waals surface area contributed by atoms with Crippen molar-refractivity contribution in [1.82, 2.24) is 30.3 Å². The number of aromatic amines is 1. The molecule has 0 unspecified atom stereocenters. The summed E-state index contributed by atoms with van der Waals surface area (Å²) in [4.78, 5) is 15.9. The summed E-state index contributed by atoms with van der Waals surface area (Å²) in [5.74, 6) is 0.422. The maximum absolute atomic E-state index is 11.4. The van der Waals surface area contributed by atoms with E-state index in [0.29, 0.717) is 30.8 Å². The molecule has 1 amide bonds. The number of hydrogen-bond donors (Lipinski definition) is 3. The first kappa shape index (κ1) is 16.1. The summed E-state index contributed by atoms with van der Waals surface area (Å²) in [7, 11) is 0. The first-order chi connectivity index (χ1) is 12.7. The summed E-state index contributed by atoms with van der Waals surface area (Å²) >= 11 is 0. The smallest absolute Gasteiger partial charge is 0.219 e. The highest BCUT2D eigenvalue weighted by Crippen LogP contribution is 2.29. The minimum Gasteiger partial charge on any atom is -0.382 e. The van der Waals surface area contributed by atoms with Crippen molar-refractivity contribution in [2.45, 2.75) is 19.9 Å². The summed E-state index contributed by atoms with van der Waals surface area (Å²) < 4.78 is 1.79. The Hall–Kier alpha value is -3.42. The quantitative estimate of drug-likeness (QED) is 0.510. The number of fused-ring (bicyclic) bond motifs is 3. The van der Waals surface area contributed by atoms with Crippen LogP contribution in [0.4, 0.5) is 5.82 Å². The van der Waals surface area contributed by atoms with Crippen molar-refractivity contribution in [1.29, 1.82) is 0 Å². The molecule has 1 aromatic carbocycles. The zero-order valence-electron chi connectivity index (χ0n) is 14.4. The number of benzene rings is 1. The predicted molar refractivity (Wildman–Crippen MR) is 100 cm³/mol. The number of nitrogens with zero attached hydrogens (tertiary/aromatic N) is 4. The van der Waals surface area contributed by atoms with Gasteiger partial charge >= 0.3 is 0 Å². The average molecular weight is 349 g/mol. The van der Waals surface area contributed by atoms with Gasteiger partial charge in [0.2, 0.25) is 5.91 Å². The number of pyridine rings is 1. The molecule has 4 rings (SSSR count). The van der Waals surface area contributed by atoms with Crippen LogP contribution >= 0.6 is 0 Å². The number of rotatable bonds is 5. The normalized spacial score (nSPS) is 11.3. The highest BCUT2D eigenvalue weighted by molar-refractivity contribution is 6.08. The molecular weight excluding hydrogens is 330 g/mol. The van der Waals surface area contributed by atoms with Crippen molar-refractivity contribution in [3.05, 3.63) is 36.7 Å². The molecule has 4 aromatic rings. The minimum absolute atomic E-state index is 0.0275. The molecule has 0 saturated heterocycles. The maximum Gasteiger partial charge on any atom is 0.219 e. The second-order valence-corrected chi connectivity index (χ2v) is 6.06. The Morgan fingerprint density at radius 3 is 2.96 bits per heavy atom. The lowest BCUT2D eigenvalue weighted by molar-refractivity contribution is -0.120. The molecule has 3 aromatic heterocycles. The number of carbonyl (C=O) groups excluding carboxylic acids is 1. The van der Waals surface area contributed by atoms with Crippen LogP contribution in [0, 0.1) is 0 Å². The Kier molecular flexibility index (Phi) is 4.00. The highest BCUT2D eigenvalue weighted by atomic mass is 16.1. The van der Waals surface area contributed by atoms with Crippen LogP contribution in [0.5, 0.6) is 0 Å². The molecule has 0 bridgehead atoms. The lowest BCUT2D eigenvalue weighted by Crippen LogP contribution is -2.26. The number of aromatic nitrogens is 5. The molecule has 0 saturated carbocycles. The van der Waals surface area contributed by atoms with E-state index in [4.69, 9.17) is 5.73 Å². The van der Waals surface area contributed by atoms with Crippen LogP contribution in [0.25, 0.3) is 33.1 Å². The van der Waals surface area contributed by atoms with E-state index in [9.17, 15) is 4.79 Å². The lowest BCUT2D eigenvalue weighted by atomic mass is 10.1. The van der Waals surface area contributed by atoms with Crippen molar-refractivity contribution >= 4 is 33.5 Å². The molecule has 0 atom stereocenters. The summed E-state index contributed by atoms with van der Waals surface area (Å²) in [6, 6.07) is 7.93. The van der Waals surface area contributed by atoms with Gasteiger partial charge in [-0.05, 0) is 12.1 Å².